The number of benzene rings is 2. The summed E-state index contributed by atoms with van der Waals surface area (Å²) in [5, 5.41) is 2.87. The van der Waals surface area contributed by atoms with Crippen LogP contribution >= 0.6 is 11.6 Å². The largest absolute Gasteiger partial charge is 0.457 e. The first-order chi connectivity index (χ1) is 13.9. The maximum Gasteiger partial charge on any atom is 0.261 e. The van der Waals surface area contributed by atoms with Crippen LogP contribution in [0.25, 0.3) is 11.1 Å². The van der Waals surface area contributed by atoms with Gasteiger partial charge in [0, 0.05) is 6.07 Å². The van der Waals surface area contributed by atoms with Gasteiger partial charge in [-0.15, -0.1) is 0 Å². The van der Waals surface area contributed by atoms with E-state index in [1.165, 1.54) is 10.4 Å². The van der Waals surface area contributed by atoms with Gasteiger partial charge in [-0.3, -0.25) is 0 Å². The van der Waals surface area contributed by atoms with Gasteiger partial charge in [0.25, 0.3) is 8.32 Å². The van der Waals surface area contributed by atoms with Crippen molar-refractivity contribution in [3.63, 3.8) is 0 Å². The van der Waals surface area contributed by atoms with Gasteiger partial charge in [0.2, 0.25) is 0 Å². The molecule has 0 N–H and O–H groups in total. The highest BCUT2D eigenvalue weighted by atomic mass is 35.5. The van der Waals surface area contributed by atoms with E-state index in [0.29, 0.717) is 11.8 Å². The fourth-order valence-corrected chi connectivity index (χ4v) is 8.63. The van der Waals surface area contributed by atoms with E-state index in [2.05, 4.69) is 74.3 Å². The Morgan fingerprint density at radius 3 is 2.03 bits per heavy atom. The number of furan rings is 1. The van der Waals surface area contributed by atoms with Gasteiger partial charge in [-0.25, -0.2) is 4.98 Å². The normalized spacial score (nSPS) is 12.4. The molecule has 0 saturated heterocycles. The number of hydrogen-bond donors (Lipinski definition) is 0. The third kappa shape index (κ3) is 3.76. The van der Waals surface area contributed by atoms with Gasteiger partial charge >= 0.3 is 0 Å². The zero-order valence-corrected chi connectivity index (χ0v) is 18.6. The van der Waals surface area contributed by atoms with E-state index in [1.807, 2.05) is 24.3 Å². The Morgan fingerprint density at radius 2 is 1.48 bits per heavy atom. The number of halogens is 1. The van der Waals surface area contributed by atoms with E-state index >= 15 is 0 Å². The van der Waals surface area contributed by atoms with Gasteiger partial charge in [-0.1, -0.05) is 93.0 Å². The number of aromatic nitrogens is 1. The lowest BCUT2D eigenvalue weighted by molar-refractivity contribution is 0.258. The zero-order valence-electron chi connectivity index (χ0n) is 16.9. The topological polar surface area (TPSA) is 35.3 Å². The summed E-state index contributed by atoms with van der Waals surface area (Å²) in [6.45, 7) is 7.17. The zero-order chi connectivity index (χ0) is 20.5. The average Bonchev–Trinajstić information content (AvgIpc) is 3.11. The molecule has 3 nitrogen and oxygen atoms in total. The second-order valence-electron chi connectivity index (χ2n) is 8.18. The Labute approximate surface area is 177 Å². The third-order valence-electron chi connectivity index (χ3n) is 5.24. The van der Waals surface area contributed by atoms with E-state index < -0.39 is 8.32 Å². The maximum atomic E-state index is 6.90. The van der Waals surface area contributed by atoms with Gasteiger partial charge < -0.3 is 8.84 Å². The first kappa shape index (κ1) is 19.9. The second-order valence-corrected chi connectivity index (χ2v) is 12.9. The average molecular weight is 422 g/mol. The number of pyridine rings is 1. The van der Waals surface area contributed by atoms with Crippen molar-refractivity contribution >= 4 is 41.4 Å². The van der Waals surface area contributed by atoms with Crippen molar-refractivity contribution in [3.05, 3.63) is 89.8 Å². The predicted molar refractivity (Wildman–Crippen MR) is 121 cm³/mol. The summed E-state index contributed by atoms with van der Waals surface area (Å²) < 4.78 is 12.9. The molecular formula is C24H24ClNO2Si. The van der Waals surface area contributed by atoms with Crippen LogP contribution in [0, 0.1) is 0 Å². The van der Waals surface area contributed by atoms with E-state index in [9.17, 15) is 0 Å². The van der Waals surface area contributed by atoms with Crippen LogP contribution in [0.4, 0.5) is 0 Å². The Bertz CT molecular complexity index is 1060. The van der Waals surface area contributed by atoms with Crippen LogP contribution in [0.1, 0.15) is 26.5 Å². The third-order valence-corrected chi connectivity index (χ3v) is 10.4. The fraction of sp³-hybridized carbons (Fsp3) is 0.208. The highest BCUT2D eigenvalue weighted by molar-refractivity contribution is 6.99. The van der Waals surface area contributed by atoms with Gasteiger partial charge in [-0.2, -0.15) is 0 Å². The molecule has 0 radical (unpaired) electrons. The number of nitrogens with zero attached hydrogens (tertiary/aromatic N) is 1. The Balaban J connectivity index is 1.79. The van der Waals surface area contributed by atoms with Crippen LogP contribution in [0.2, 0.25) is 10.2 Å². The van der Waals surface area contributed by atoms with E-state index in [4.69, 9.17) is 20.4 Å². The highest BCUT2D eigenvalue weighted by Crippen LogP contribution is 2.37. The van der Waals surface area contributed by atoms with Crippen molar-refractivity contribution in [2.45, 2.75) is 32.4 Å². The van der Waals surface area contributed by atoms with Crippen molar-refractivity contribution in [1.82, 2.24) is 4.98 Å². The molecule has 2 aromatic heterocycles. The SMILES string of the molecule is CC(C)(C)[Si](OCc1cc2nc(Cl)ccc2o1)(c1ccccc1)c1ccccc1. The van der Waals surface area contributed by atoms with Crippen molar-refractivity contribution in [3.8, 4) is 0 Å². The van der Waals surface area contributed by atoms with Gasteiger partial charge in [-0.05, 0) is 27.5 Å². The quantitative estimate of drug-likeness (QED) is 0.312. The lowest BCUT2D eigenvalue weighted by atomic mass is 10.2. The van der Waals surface area contributed by atoms with Crippen LogP contribution in [0.5, 0.6) is 0 Å². The van der Waals surface area contributed by atoms with Crippen molar-refractivity contribution < 1.29 is 8.84 Å². The first-order valence-electron chi connectivity index (χ1n) is 9.70. The summed E-state index contributed by atoms with van der Waals surface area (Å²) in [4.78, 5) is 4.33. The molecule has 0 aliphatic rings. The van der Waals surface area contributed by atoms with E-state index in [1.54, 1.807) is 6.07 Å². The Hall–Kier alpha value is -2.40. The number of fused-ring (bicyclic) bond motifs is 1. The minimum atomic E-state index is -2.60. The molecule has 0 spiro atoms. The predicted octanol–water partition coefficient (Wildman–Crippen LogP) is 5.56. The molecule has 0 unspecified atom stereocenters. The van der Waals surface area contributed by atoms with Crippen LogP contribution in [-0.4, -0.2) is 13.3 Å². The number of rotatable bonds is 5. The fourth-order valence-electron chi connectivity index (χ4n) is 3.96. The molecule has 0 aliphatic heterocycles. The lowest BCUT2D eigenvalue weighted by Crippen LogP contribution is -2.66. The molecule has 0 atom stereocenters. The van der Waals surface area contributed by atoms with Crippen molar-refractivity contribution in [1.29, 1.82) is 0 Å². The molecule has 0 bridgehead atoms. The maximum absolute atomic E-state index is 6.90. The van der Waals surface area contributed by atoms with Gasteiger partial charge in [0.05, 0.1) is 6.61 Å². The second kappa shape index (κ2) is 7.79. The standard InChI is InChI=1S/C24H24ClNO2Si/c1-24(2,3)29(19-10-6-4-7-11-19,20-12-8-5-9-13-20)27-17-18-16-21-22(28-18)14-15-23(25)26-21/h4-16H,17H2,1-3H3. The van der Waals surface area contributed by atoms with Crippen molar-refractivity contribution in [2.75, 3.05) is 0 Å². The molecule has 2 heterocycles. The minimum Gasteiger partial charge on any atom is -0.457 e. The van der Waals surface area contributed by atoms with Gasteiger partial charge in [0.15, 0.2) is 5.58 Å². The monoisotopic (exact) mass is 421 g/mol. The molecule has 4 rings (SSSR count). The molecule has 0 fully saturated rings. The van der Waals surface area contributed by atoms with Crippen LogP contribution in [-0.2, 0) is 11.0 Å². The van der Waals surface area contributed by atoms with E-state index in [-0.39, 0.29) is 5.04 Å². The van der Waals surface area contributed by atoms with Crippen LogP contribution < -0.4 is 10.4 Å². The summed E-state index contributed by atoms with van der Waals surface area (Å²) in [7, 11) is -2.60. The minimum absolute atomic E-state index is 0.0801. The Kier molecular flexibility index (Phi) is 5.34. The van der Waals surface area contributed by atoms with Gasteiger partial charge in [0.1, 0.15) is 16.4 Å². The molecule has 5 heteroatoms. The van der Waals surface area contributed by atoms with Crippen molar-refractivity contribution in [2.24, 2.45) is 0 Å². The molecule has 4 aromatic rings. The highest BCUT2D eigenvalue weighted by Gasteiger charge is 2.50. The molecule has 148 valence electrons. The first-order valence-corrected chi connectivity index (χ1v) is 12.0. The number of hydrogen-bond acceptors (Lipinski definition) is 3. The van der Waals surface area contributed by atoms with Crippen LogP contribution in [0.3, 0.4) is 0 Å². The van der Waals surface area contributed by atoms with E-state index in [0.717, 1.165) is 16.9 Å². The summed E-state index contributed by atoms with van der Waals surface area (Å²) >= 11 is 6.02. The lowest BCUT2D eigenvalue weighted by Gasteiger charge is -2.42. The molecule has 0 amide bonds. The van der Waals surface area contributed by atoms with Crippen LogP contribution in [0.15, 0.2) is 83.3 Å². The molecular weight excluding hydrogens is 398 g/mol. The smallest absolute Gasteiger partial charge is 0.261 e. The molecule has 0 saturated carbocycles. The summed E-state index contributed by atoms with van der Waals surface area (Å²) in [5.41, 5.74) is 1.47. The molecule has 0 aliphatic carbocycles. The Morgan fingerprint density at radius 1 is 0.897 bits per heavy atom. The summed E-state index contributed by atoms with van der Waals surface area (Å²) in [5.74, 6) is 0.753. The molecule has 2 aromatic carbocycles. The molecule has 29 heavy (non-hydrogen) atoms. The summed E-state index contributed by atoms with van der Waals surface area (Å²) in [6, 6.07) is 26.7. The summed E-state index contributed by atoms with van der Waals surface area (Å²) in [6.07, 6.45) is 0.